The van der Waals surface area contributed by atoms with E-state index in [1.165, 1.54) is 0 Å². The van der Waals surface area contributed by atoms with Crippen LogP contribution < -0.4 is 5.32 Å². The Bertz CT molecular complexity index is 679. The third kappa shape index (κ3) is 2.86. The molecular weight excluding hydrogens is 325 g/mol. The average Bonchev–Trinajstić information content (AvgIpc) is 3.05. The van der Waals surface area contributed by atoms with Crippen LogP contribution in [0.3, 0.4) is 0 Å². The van der Waals surface area contributed by atoms with E-state index >= 15 is 0 Å². The van der Waals surface area contributed by atoms with Crippen molar-refractivity contribution in [3.63, 3.8) is 0 Å². The van der Waals surface area contributed by atoms with Gasteiger partial charge >= 0.3 is 122 Å². The monoisotopic (exact) mass is 339 g/mol. The van der Waals surface area contributed by atoms with E-state index in [9.17, 15) is 0 Å². The Morgan fingerprint density at radius 3 is 3.00 bits per heavy atom. The van der Waals surface area contributed by atoms with Crippen LogP contribution in [0, 0.1) is 0 Å². The molecule has 0 fully saturated rings. The summed E-state index contributed by atoms with van der Waals surface area (Å²) in [6.07, 6.45) is 2.07. The van der Waals surface area contributed by atoms with E-state index in [1.807, 2.05) is 30.3 Å². The summed E-state index contributed by atoms with van der Waals surface area (Å²) in [6, 6.07) is 10.1. The molecule has 2 aromatic heterocycles. The van der Waals surface area contributed by atoms with Gasteiger partial charge in [0, 0.05) is 0 Å². The van der Waals surface area contributed by atoms with Crippen LogP contribution in [0.2, 0.25) is 0 Å². The molecule has 0 aliphatic heterocycles. The fourth-order valence-corrected chi connectivity index (χ4v) is 3.46. The van der Waals surface area contributed by atoms with Gasteiger partial charge in [0.05, 0.1) is 0 Å². The number of aromatic nitrogens is 2. The molecule has 0 unspecified atom stereocenters. The van der Waals surface area contributed by atoms with Crippen LogP contribution >= 0.6 is 11.8 Å². The third-order valence-corrected chi connectivity index (χ3v) is 4.45. The number of furan rings is 1. The second-order valence-corrected chi connectivity index (χ2v) is 6.07. The van der Waals surface area contributed by atoms with Gasteiger partial charge in [0.1, 0.15) is 0 Å². The number of fused-ring (bicyclic) bond motifs is 1. The van der Waals surface area contributed by atoms with Gasteiger partial charge in [-0.3, -0.25) is 0 Å². The Kier molecular flexibility index (Phi) is 3.92. The molecule has 0 spiro atoms. The summed E-state index contributed by atoms with van der Waals surface area (Å²) in [7, 11) is 0. The molecule has 0 bridgehead atoms. The Hall–Kier alpha value is -1.23. The van der Waals surface area contributed by atoms with Crippen molar-refractivity contribution in [2.45, 2.75) is 12.3 Å². The summed E-state index contributed by atoms with van der Waals surface area (Å²) < 4.78 is 14.6. The SMILES string of the molecule is CSCc1ccc(CNc2cccc3n[se]nc23)o1. The van der Waals surface area contributed by atoms with E-state index in [0.717, 1.165) is 34.0 Å². The van der Waals surface area contributed by atoms with Crippen molar-refractivity contribution in [1.82, 2.24) is 7.96 Å². The second-order valence-electron chi connectivity index (χ2n) is 4.09. The molecule has 4 nitrogen and oxygen atoms in total. The van der Waals surface area contributed by atoms with Gasteiger partial charge in [-0.15, -0.1) is 0 Å². The molecule has 1 N–H and O–H groups in total. The van der Waals surface area contributed by atoms with Gasteiger partial charge in [-0.1, -0.05) is 0 Å². The van der Waals surface area contributed by atoms with E-state index in [2.05, 4.69) is 19.5 Å². The Morgan fingerprint density at radius 2 is 2.11 bits per heavy atom. The first-order chi connectivity index (χ1) is 9.36. The number of nitrogens with one attached hydrogen (secondary N) is 1. The summed E-state index contributed by atoms with van der Waals surface area (Å²) >= 11 is 1.77. The minimum absolute atomic E-state index is 0.0102. The number of nitrogens with zero attached hydrogens (tertiary/aromatic N) is 2. The molecule has 3 aromatic rings. The zero-order valence-corrected chi connectivity index (χ0v) is 12.9. The summed E-state index contributed by atoms with van der Waals surface area (Å²) in [4.78, 5) is 0. The van der Waals surface area contributed by atoms with Crippen molar-refractivity contribution < 1.29 is 4.42 Å². The van der Waals surface area contributed by atoms with Crippen LogP contribution in [0.25, 0.3) is 11.0 Å². The second kappa shape index (κ2) is 5.82. The first-order valence-corrected chi connectivity index (χ1v) is 8.81. The number of anilines is 1. The quantitative estimate of drug-likeness (QED) is 0.725. The Balaban J connectivity index is 1.73. The van der Waals surface area contributed by atoms with E-state index < -0.39 is 0 Å². The molecule has 0 amide bonds. The number of hydrogen-bond donors (Lipinski definition) is 1. The molecule has 0 radical (unpaired) electrons. The van der Waals surface area contributed by atoms with Crippen molar-refractivity contribution >= 4 is 43.4 Å². The molecule has 1 aromatic carbocycles. The molecule has 0 aliphatic rings. The first kappa shape index (κ1) is 12.8. The third-order valence-electron chi connectivity index (χ3n) is 2.74. The summed E-state index contributed by atoms with van der Waals surface area (Å²) in [5.74, 6) is 2.88. The van der Waals surface area contributed by atoms with Crippen LogP contribution in [0.4, 0.5) is 5.69 Å². The van der Waals surface area contributed by atoms with Crippen LogP contribution in [0.1, 0.15) is 11.5 Å². The standard InChI is InChI=1S/C13H13N3OSSe/c1-18-8-10-6-5-9(17-10)7-14-11-3-2-4-12-13(11)16-19-15-12/h2-6,14H,7-8H2,1H3. The topological polar surface area (TPSA) is 51.0 Å². The van der Waals surface area contributed by atoms with Crippen LogP contribution in [-0.4, -0.2) is 29.2 Å². The van der Waals surface area contributed by atoms with Gasteiger partial charge in [-0.05, 0) is 0 Å². The fourth-order valence-electron chi connectivity index (χ4n) is 1.87. The Labute approximate surface area is 121 Å². The van der Waals surface area contributed by atoms with Gasteiger partial charge in [0.25, 0.3) is 0 Å². The van der Waals surface area contributed by atoms with E-state index in [0.29, 0.717) is 6.54 Å². The molecule has 2 heterocycles. The molecule has 19 heavy (non-hydrogen) atoms. The van der Waals surface area contributed by atoms with Crippen molar-refractivity contribution in [1.29, 1.82) is 0 Å². The molecular formula is C13H13N3OSSe. The van der Waals surface area contributed by atoms with Crippen LogP contribution in [0.5, 0.6) is 0 Å². The maximum atomic E-state index is 5.73. The van der Waals surface area contributed by atoms with Gasteiger partial charge in [-0.2, -0.15) is 0 Å². The van der Waals surface area contributed by atoms with Crippen LogP contribution in [-0.2, 0) is 12.3 Å². The number of benzene rings is 1. The molecule has 0 aliphatic carbocycles. The molecule has 0 saturated heterocycles. The van der Waals surface area contributed by atoms with Crippen LogP contribution in [0.15, 0.2) is 34.7 Å². The number of hydrogen-bond acceptors (Lipinski definition) is 5. The normalized spacial score (nSPS) is 11.0. The van der Waals surface area contributed by atoms with Crippen molar-refractivity contribution in [3.8, 4) is 0 Å². The average molecular weight is 338 g/mol. The van der Waals surface area contributed by atoms with Gasteiger partial charge in [-0.25, -0.2) is 0 Å². The predicted molar refractivity (Wildman–Crippen MR) is 79.7 cm³/mol. The summed E-state index contributed by atoms with van der Waals surface area (Å²) in [6.45, 7) is 0.674. The van der Waals surface area contributed by atoms with E-state index in [-0.39, 0.29) is 15.0 Å². The Morgan fingerprint density at radius 1 is 1.21 bits per heavy atom. The molecule has 6 heteroatoms. The van der Waals surface area contributed by atoms with Gasteiger partial charge in [0.15, 0.2) is 0 Å². The van der Waals surface area contributed by atoms with E-state index in [4.69, 9.17) is 4.42 Å². The molecule has 0 atom stereocenters. The van der Waals surface area contributed by atoms with Crippen molar-refractivity contribution in [2.75, 3.05) is 11.6 Å². The predicted octanol–water partition coefficient (Wildman–Crippen LogP) is 2.75. The fraction of sp³-hybridized carbons (Fsp3) is 0.231. The minimum atomic E-state index is 0.0102. The van der Waals surface area contributed by atoms with Crippen molar-refractivity contribution in [2.24, 2.45) is 0 Å². The molecule has 98 valence electrons. The van der Waals surface area contributed by atoms with Gasteiger partial charge in [0.2, 0.25) is 0 Å². The summed E-state index contributed by atoms with van der Waals surface area (Å²) in [5.41, 5.74) is 3.01. The first-order valence-electron chi connectivity index (χ1n) is 5.88. The summed E-state index contributed by atoms with van der Waals surface area (Å²) in [5, 5.41) is 3.37. The molecule has 3 rings (SSSR count). The zero-order valence-electron chi connectivity index (χ0n) is 10.4. The molecule has 0 saturated carbocycles. The van der Waals surface area contributed by atoms with E-state index in [1.54, 1.807) is 11.8 Å². The zero-order chi connectivity index (χ0) is 13.1. The van der Waals surface area contributed by atoms with Crippen molar-refractivity contribution in [3.05, 3.63) is 41.9 Å². The van der Waals surface area contributed by atoms with Gasteiger partial charge < -0.3 is 0 Å². The number of rotatable bonds is 5. The number of thioether (sulfide) groups is 1. The maximum absolute atomic E-state index is 5.73.